The van der Waals surface area contributed by atoms with E-state index in [0.29, 0.717) is 6.04 Å². The first kappa shape index (κ1) is 13.6. The Morgan fingerprint density at radius 1 is 1.11 bits per heavy atom. The van der Waals surface area contributed by atoms with Gasteiger partial charge in [-0.1, -0.05) is 56.0 Å². The molecule has 100 valence electrons. The highest BCUT2D eigenvalue weighted by Gasteiger charge is 2.15. The molecule has 1 aromatic carbocycles. The van der Waals surface area contributed by atoms with E-state index in [2.05, 4.69) is 43.4 Å². The van der Waals surface area contributed by atoms with Crippen molar-refractivity contribution in [1.82, 2.24) is 5.32 Å². The second-order valence-electron chi connectivity index (χ2n) is 5.78. The molecule has 1 aromatic rings. The number of benzene rings is 1. The van der Waals surface area contributed by atoms with E-state index >= 15 is 0 Å². The summed E-state index contributed by atoms with van der Waals surface area (Å²) in [6, 6.07) is 9.53. The SMILES string of the molecule is CCC(NCC1CCCCC1)c1ccc(C)cc1. The van der Waals surface area contributed by atoms with Crippen molar-refractivity contribution in [2.24, 2.45) is 5.92 Å². The monoisotopic (exact) mass is 245 g/mol. The van der Waals surface area contributed by atoms with E-state index < -0.39 is 0 Å². The fourth-order valence-electron chi connectivity index (χ4n) is 3.00. The van der Waals surface area contributed by atoms with Crippen LogP contribution in [0, 0.1) is 12.8 Å². The summed E-state index contributed by atoms with van der Waals surface area (Å²) in [6.45, 7) is 5.63. The van der Waals surface area contributed by atoms with Crippen LogP contribution < -0.4 is 5.32 Å². The zero-order valence-electron chi connectivity index (χ0n) is 11.9. The van der Waals surface area contributed by atoms with Crippen LogP contribution in [-0.2, 0) is 0 Å². The summed E-state index contributed by atoms with van der Waals surface area (Å²) in [4.78, 5) is 0. The third-order valence-corrected chi connectivity index (χ3v) is 4.27. The first-order chi connectivity index (χ1) is 8.79. The van der Waals surface area contributed by atoms with Gasteiger partial charge in [0.2, 0.25) is 0 Å². The molecule has 0 aromatic heterocycles. The van der Waals surface area contributed by atoms with E-state index in [-0.39, 0.29) is 0 Å². The zero-order valence-corrected chi connectivity index (χ0v) is 11.9. The summed E-state index contributed by atoms with van der Waals surface area (Å²) >= 11 is 0. The molecule has 18 heavy (non-hydrogen) atoms. The number of hydrogen-bond acceptors (Lipinski definition) is 1. The maximum absolute atomic E-state index is 3.77. The van der Waals surface area contributed by atoms with Crippen LogP contribution in [0.4, 0.5) is 0 Å². The molecule has 0 spiro atoms. The Bertz CT molecular complexity index is 335. The smallest absolute Gasteiger partial charge is 0.0317 e. The zero-order chi connectivity index (χ0) is 12.8. The Balaban J connectivity index is 1.86. The number of nitrogens with one attached hydrogen (secondary N) is 1. The van der Waals surface area contributed by atoms with Crippen LogP contribution in [-0.4, -0.2) is 6.54 Å². The van der Waals surface area contributed by atoms with E-state index in [1.54, 1.807) is 0 Å². The van der Waals surface area contributed by atoms with Crippen molar-refractivity contribution < 1.29 is 0 Å². The summed E-state index contributed by atoms with van der Waals surface area (Å²) in [7, 11) is 0. The predicted molar refractivity (Wildman–Crippen MR) is 78.8 cm³/mol. The topological polar surface area (TPSA) is 12.0 Å². The Morgan fingerprint density at radius 2 is 1.78 bits per heavy atom. The molecule has 1 unspecified atom stereocenters. The standard InChI is InChI=1S/C17H27N/c1-3-17(16-11-9-14(2)10-12-16)18-13-15-7-5-4-6-8-15/h9-12,15,17-18H,3-8,13H2,1-2H3. The lowest BCUT2D eigenvalue weighted by molar-refractivity contribution is 0.326. The maximum Gasteiger partial charge on any atom is 0.0317 e. The minimum atomic E-state index is 0.535. The Kier molecular flexibility index (Phi) is 5.25. The number of aryl methyl sites for hydroxylation is 1. The highest BCUT2D eigenvalue weighted by Crippen LogP contribution is 2.24. The molecule has 0 saturated heterocycles. The molecule has 0 aliphatic heterocycles. The van der Waals surface area contributed by atoms with Crippen molar-refractivity contribution in [2.45, 2.75) is 58.4 Å². The molecule has 1 saturated carbocycles. The lowest BCUT2D eigenvalue weighted by Gasteiger charge is -2.25. The van der Waals surface area contributed by atoms with Gasteiger partial charge < -0.3 is 5.32 Å². The summed E-state index contributed by atoms with van der Waals surface area (Å²) in [5, 5.41) is 3.77. The minimum Gasteiger partial charge on any atom is -0.310 e. The van der Waals surface area contributed by atoms with Crippen molar-refractivity contribution in [3.63, 3.8) is 0 Å². The largest absolute Gasteiger partial charge is 0.310 e. The summed E-state index contributed by atoms with van der Waals surface area (Å²) in [5.41, 5.74) is 2.79. The van der Waals surface area contributed by atoms with Crippen LogP contribution in [0.5, 0.6) is 0 Å². The molecule has 0 radical (unpaired) electrons. The van der Waals surface area contributed by atoms with Crippen molar-refractivity contribution in [3.05, 3.63) is 35.4 Å². The maximum atomic E-state index is 3.77. The van der Waals surface area contributed by atoms with Gasteiger partial charge in [0.1, 0.15) is 0 Å². The van der Waals surface area contributed by atoms with E-state index in [9.17, 15) is 0 Å². The van der Waals surface area contributed by atoms with Gasteiger partial charge in [0.25, 0.3) is 0 Å². The average Bonchev–Trinajstić information content (AvgIpc) is 2.42. The first-order valence-electron chi connectivity index (χ1n) is 7.59. The molecule has 1 aliphatic rings. The van der Waals surface area contributed by atoms with Gasteiger partial charge >= 0.3 is 0 Å². The van der Waals surface area contributed by atoms with Crippen molar-refractivity contribution in [2.75, 3.05) is 6.54 Å². The lowest BCUT2D eigenvalue weighted by atomic mass is 9.89. The van der Waals surface area contributed by atoms with E-state index in [0.717, 1.165) is 5.92 Å². The van der Waals surface area contributed by atoms with Crippen LogP contribution in [0.2, 0.25) is 0 Å². The van der Waals surface area contributed by atoms with Gasteiger partial charge in [-0.3, -0.25) is 0 Å². The van der Waals surface area contributed by atoms with Crippen LogP contribution >= 0.6 is 0 Å². The molecule has 2 rings (SSSR count). The van der Waals surface area contributed by atoms with Crippen molar-refractivity contribution >= 4 is 0 Å². The molecular formula is C17H27N. The molecule has 1 fully saturated rings. The number of hydrogen-bond donors (Lipinski definition) is 1. The van der Waals surface area contributed by atoms with E-state index in [1.165, 1.54) is 56.2 Å². The van der Waals surface area contributed by atoms with Crippen LogP contribution in [0.3, 0.4) is 0 Å². The molecule has 1 N–H and O–H groups in total. The summed E-state index contributed by atoms with van der Waals surface area (Å²) in [5.74, 6) is 0.915. The fourth-order valence-corrected chi connectivity index (χ4v) is 3.00. The van der Waals surface area contributed by atoms with E-state index in [1.807, 2.05) is 0 Å². The summed E-state index contributed by atoms with van der Waals surface area (Å²) < 4.78 is 0. The molecule has 0 bridgehead atoms. The lowest BCUT2D eigenvalue weighted by Crippen LogP contribution is -2.28. The van der Waals surface area contributed by atoms with Gasteiger partial charge in [-0.25, -0.2) is 0 Å². The molecule has 1 nitrogen and oxygen atoms in total. The van der Waals surface area contributed by atoms with Gasteiger partial charge in [-0.2, -0.15) is 0 Å². The minimum absolute atomic E-state index is 0.535. The highest BCUT2D eigenvalue weighted by molar-refractivity contribution is 5.24. The second-order valence-corrected chi connectivity index (χ2v) is 5.78. The number of rotatable bonds is 5. The molecular weight excluding hydrogens is 218 g/mol. The second kappa shape index (κ2) is 6.94. The first-order valence-corrected chi connectivity index (χ1v) is 7.59. The molecule has 0 heterocycles. The van der Waals surface area contributed by atoms with E-state index in [4.69, 9.17) is 0 Å². The normalized spacial score (nSPS) is 18.8. The Labute approximate surface area is 112 Å². The Morgan fingerprint density at radius 3 is 2.39 bits per heavy atom. The third kappa shape index (κ3) is 3.84. The van der Waals surface area contributed by atoms with Gasteiger partial charge in [-0.15, -0.1) is 0 Å². The third-order valence-electron chi connectivity index (χ3n) is 4.27. The molecule has 1 atom stereocenters. The van der Waals surface area contributed by atoms with Gasteiger partial charge in [0, 0.05) is 6.04 Å². The van der Waals surface area contributed by atoms with Gasteiger partial charge in [0.15, 0.2) is 0 Å². The fraction of sp³-hybridized carbons (Fsp3) is 0.647. The Hall–Kier alpha value is -0.820. The van der Waals surface area contributed by atoms with Crippen LogP contribution in [0.15, 0.2) is 24.3 Å². The van der Waals surface area contributed by atoms with Crippen molar-refractivity contribution in [1.29, 1.82) is 0 Å². The van der Waals surface area contributed by atoms with Crippen molar-refractivity contribution in [3.8, 4) is 0 Å². The molecule has 1 aliphatic carbocycles. The van der Waals surface area contributed by atoms with Crippen LogP contribution in [0.1, 0.15) is 62.6 Å². The molecule has 1 heteroatoms. The van der Waals surface area contributed by atoms with Crippen LogP contribution in [0.25, 0.3) is 0 Å². The molecule has 0 amide bonds. The quantitative estimate of drug-likeness (QED) is 0.798. The predicted octanol–water partition coefficient (Wildman–Crippen LogP) is 4.62. The average molecular weight is 245 g/mol. The highest BCUT2D eigenvalue weighted by atomic mass is 14.9. The van der Waals surface area contributed by atoms with Gasteiger partial charge in [0.05, 0.1) is 0 Å². The van der Waals surface area contributed by atoms with Gasteiger partial charge in [-0.05, 0) is 44.2 Å². The summed E-state index contributed by atoms with van der Waals surface area (Å²) in [6.07, 6.45) is 8.36.